The van der Waals surface area contributed by atoms with Gasteiger partial charge in [0.15, 0.2) is 5.84 Å². The lowest BCUT2D eigenvalue weighted by Gasteiger charge is -2.34. The van der Waals surface area contributed by atoms with Gasteiger partial charge in [-0.2, -0.15) is 0 Å². The SMILES string of the molecule is CCC1CCCN(C(=O)C2(C(N)=NO)CC2)C1. The number of hydrogen-bond acceptors (Lipinski definition) is 3. The lowest BCUT2D eigenvalue weighted by atomic mass is 9.93. The summed E-state index contributed by atoms with van der Waals surface area (Å²) >= 11 is 0. The zero-order valence-electron chi connectivity index (χ0n) is 10.4. The van der Waals surface area contributed by atoms with Gasteiger partial charge in [0.25, 0.3) is 0 Å². The molecule has 1 saturated carbocycles. The van der Waals surface area contributed by atoms with Gasteiger partial charge in [0.2, 0.25) is 5.91 Å². The van der Waals surface area contributed by atoms with E-state index in [1.807, 2.05) is 4.90 Å². The summed E-state index contributed by atoms with van der Waals surface area (Å²) in [6, 6.07) is 0. The third-order valence-electron chi connectivity index (χ3n) is 4.14. The molecule has 0 aromatic rings. The number of nitrogens with two attached hydrogens (primary N) is 1. The second-order valence-corrected chi connectivity index (χ2v) is 5.24. The number of piperidine rings is 1. The van der Waals surface area contributed by atoms with Crippen LogP contribution in [0.1, 0.15) is 39.0 Å². The lowest BCUT2D eigenvalue weighted by molar-refractivity contribution is -0.136. The molecule has 0 radical (unpaired) electrons. The minimum Gasteiger partial charge on any atom is -0.409 e. The quantitative estimate of drug-likeness (QED) is 0.336. The molecule has 2 fully saturated rings. The van der Waals surface area contributed by atoms with Crippen molar-refractivity contribution in [3.05, 3.63) is 0 Å². The molecule has 1 heterocycles. The zero-order valence-corrected chi connectivity index (χ0v) is 10.4. The minimum atomic E-state index is -0.676. The van der Waals surface area contributed by atoms with E-state index < -0.39 is 5.41 Å². The van der Waals surface area contributed by atoms with Crippen LogP contribution in [0.25, 0.3) is 0 Å². The normalized spacial score (nSPS) is 27.9. The molecule has 0 bridgehead atoms. The molecule has 1 aliphatic carbocycles. The number of amidine groups is 1. The predicted octanol–water partition coefficient (Wildman–Crippen LogP) is 1.16. The lowest BCUT2D eigenvalue weighted by Crippen LogP contribution is -2.47. The topological polar surface area (TPSA) is 78.9 Å². The summed E-state index contributed by atoms with van der Waals surface area (Å²) in [5.41, 5.74) is 4.96. The van der Waals surface area contributed by atoms with Crippen LogP contribution in [0.2, 0.25) is 0 Å². The highest BCUT2D eigenvalue weighted by Gasteiger charge is 2.56. The van der Waals surface area contributed by atoms with E-state index in [1.165, 1.54) is 6.42 Å². The highest BCUT2D eigenvalue weighted by Crippen LogP contribution is 2.47. The Morgan fingerprint density at radius 2 is 2.29 bits per heavy atom. The number of likely N-dealkylation sites (tertiary alicyclic amines) is 1. The van der Waals surface area contributed by atoms with Crippen LogP contribution in [0.5, 0.6) is 0 Å². The molecule has 1 aliphatic heterocycles. The van der Waals surface area contributed by atoms with Crippen LogP contribution in [0, 0.1) is 11.3 Å². The number of oxime groups is 1. The second-order valence-electron chi connectivity index (χ2n) is 5.24. The van der Waals surface area contributed by atoms with Gasteiger partial charge in [-0.3, -0.25) is 4.79 Å². The molecule has 5 heteroatoms. The molecule has 5 nitrogen and oxygen atoms in total. The summed E-state index contributed by atoms with van der Waals surface area (Å²) in [7, 11) is 0. The highest BCUT2D eigenvalue weighted by atomic mass is 16.4. The minimum absolute atomic E-state index is 0.0611. The number of carbonyl (C=O) groups is 1. The molecule has 1 atom stereocenters. The Morgan fingerprint density at radius 1 is 1.59 bits per heavy atom. The van der Waals surface area contributed by atoms with Crippen molar-refractivity contribution in [1.29, 1.82) is 0 Å². The molecule has 2 rings (SSSR count). The highest BCUT2D eigenvalue weighted by molar-refractivity contribution is 6.09. The van der Waals surface area contributed by atoms with E-state index in [0.29, 0.717) is 5.92 Å². The Bertz CT molecular complexity index is 337. The first-order chi connectivity index (χ1) is 8.14. The predicted molar refractivity (Wildman–Crippen MR) is 64.7 cm³/mol. The van der Waals surface area contributed by atoms with Crippen molar-refractivity contribution in [3.8, 4) is 0 Å². The molecule has 1 saturated heterocycles. The molecular weight excluding hydrogens is 218 g/mol. The fourth-order valence-electron chi connectivity index (χ4n) is 2.69. The monoisotopic (exact) mass is 239 g/mol. The van der Waals surface area contributed by atoms with Gasteiger partial charge in [0.05, 0.1) is 0 Å². The summed E-state index contributed by atoms with van der Waals surface area (Å²) in [6.07, 6.45) is 4.82. The van der Waals surface area contributed by atoms with Crippen molar-refractivity contribution in [2.45, 2.75) is 39.0 Å². The third-order valence-corrected chi connectivity index (χ3v) is 4.14. The van der Waals surface area contributed by atoms with Crippen LogP contribution in [-0.4, -0.2) is 34.9 Å². The Hall–Kier alpha value is -1.26. The fourth-order valence-corrected chi connectivity index (χ4v) is 2.69. The molecule has 0 spiro atoms. The van der Waals surface area contributed by atoms with E-state index in [9.17, 15) is 4.79 Å². The number of hydrogen-bond donors (Lipinski definition) is 2. The summed E-state index contributed by atoms with van der Waals surface area (Å²) in [4.78, 5) is 14.3. The standard InChI is InChI=1S/C12H21N3O2/c1-2-9-4-3-7-15(8-9)11(16)12(5-6-12)10(13)14-17/h9,17H,2-8H2,1H3,(H2,13,14). The molecule has 1 amide bonds. The van der Waals surface area contributed by atoms with Crippen molar-refractivity contribution < 1.29 is 10.0 Å². The molecule has 17 heavy (non-hydrogen) atoms. The number of nitrogens with zero attached hydrogens (tertiary/aromatic N) is 2. The van der Waals surface area contributed by atoms with Gasteiger partial charge in [-0.15, -0.1) is 0 Å². The molecule has 0 aromatic carbocycles. The second kappa shape index (κ2) is 4.55. The average Bonchev–Trinajstić information content (AvgIpc) is 3.18. The van der Waals surface area contributed by atoms with Gasteiger partial charge < -0.3 is 15.8 Å². The first-order valence-electron chi connectivity index (χ1n) is 6.41. The van der Waals surface area contributed by atoms with E-state index in [4.69, 9.17) is 10.9 Å². The van der Waals surface area contributed by atoms with Gasteiger partial charge in [-0.25, -0.2) is 0 Å². The molecule has 0 aromatic heterocycles. The first-order valence-corrected chi connectivity index (χ1v) is 6.41. The largest absolute Gasteiger partial charge is 0.409 e. The maximum atomic E-state index is 12.4. The van der Waals surface area contributed by atoms with E-state index >= 15 is 0 Å². The average molecular weight is 239 g/mol. The van der Waals surface area contributed by atoms with Gasteiger partial charge in [-0.05, 0) is 31.6 Å². The number of amides is 1. The fraction of sp³-hybridized carbons (Fsp3) is 0.833. The summed E-state index contributed by atoms with van der Waals surface area (Å²) in [6.45, 7) is 3.81. The maximum Gasteiger partial charge on any atom is 0.236 e. The smallest absolute Gasteiger partial charge is 0.236 e. The van der Waals surface area contributed by atoms with Crippen LogP contribution in [-0.2, 0) is 4.79 Å². The van der Waals surface area contributed by atoms with Crippen LogP contribution in [0.4, 0.5) is 0 Å². The van der Waals surface area contributed by atoms with Gasteiger partial charge >= 0.3 is 0 Å². The molecule has 96 valence electrons. The van der Waals surface area contributed by atoms with Crippen molar-refractivity contribution in [2.24, 2.45) is 22.2 Å². The molecule has 2 aliphatic rings. The van der Waals surface area contributed by atoms with Crippen molar-refractivity contribution in [3.63, 3.8) is 0 Å². The Labute approximate surface area is 102 Å². The molecule has 1 unspecified atom stereocenters. The van der Waals surface area contributed by atoms with E-state index in [0.717, 1.165) is 38.8 Å². The summed E-state index contributed by atoms with van der Waals surface area (Å²) < 4.78 is 0. The maximum absolute atomic E-state index is 12.4. The Balaban J connectivity index is 2.05. The van der Waals surface area contributed by atoms with Crippen LogP contribution >= 0.6 is 0 Å². The van der Waals surface area contributed by atoms with Crippen molar-refractivity contribution in [2.75, 3.05) is 13.1 Å². The van der Waals surface area contributed by atoms with E-state index in [2.05, 4.69) is 12.1 Å². The molecule has 3 N–H and O–H groups in total. The van der Waals surface area contributed by atoms with Gasteiger partial charge in [-0.1, -0.05) is 18.5 Å². The molecular formula is C12H21N3O2. The van der Waals surface area contributed by atoms with E-state index in [-0.39, 0.29) is 11.7 Å². The van der Waals surface area contributed by atoms with Crippen LogP contribution < -0.4 is 5.73 Å². The van der Waals surface area contributed by atoms with Gasteiger partial charge in [0.1, 0.15) is 5.41 Å². The first kappa shape index (κ1) is 12.2. The van der Waals surface area contributed by atoms with Crippen LogP contribution in [0.3, 0.4) is 0 Å². The Kier molecular flexibility index (Phi) is 3.26. The third kappa shape index (κ3) is 2.10. The van der Waals surface area contributed by atoms with Crippen molar-refractivity contribution in [1.82, 2.24) is 4.90 Å². The number of carbonyl (C=O) groups excluding carboxylic acids is 1. The Morgan fingerprint density at radius 3 is 2.82 bits per heavy atom. The van der Waals surface area contributed by atoms with E-state index in [1.54, 1.807) is 0 Å². The summed E-state index contributed by atoms with van der Waals surface area (Å²) in [5, 5.41) is 11.8. The van der Waals surface area contributed by atoms with Crippen molar-refractivity contribution >= 4 is 11.7 Å². The van der Waals surface area contributed by atoms with Gasteiger partial charge in [0, 0.05) is 13.1 Å². The zero-order chi connectivity index (χ0) is 12.5. The summed E-state index contributed by atoms with van der Waals surface area (Å²) in [5.74, 6) is 0.753. The van der Waals surface area contributed by atoms with Crippen LogP contribution in [0.15, 0.2) is 5.16 Å². The number of rotatable bonds is 3.